The first-order valence-electron chi connectivity index (χ1n) is 10.9. The van der Waals surface area contributed by atoms with Crippen molar-refractivity contribution in [2.24, 2.45) is 0 Å². The molecule has 0 unspecified atom stereocenters. The third kappa shape index (κ3) is 6.13. The summed E-state index contributed by atoms with van der Waals surface area (Å²) in [4.78, 5) is 2.36. The number of hydrogen-bond acceptors (Lipinski definition) is 4. The fraction of sp³-hybridized carbons (Fsp3) is 0.520. The van der Waals surface area contributed by atoms with Crippen LogP contribution in [0.3, 0.4) is 0 Å². The van der Waals surface area contributed by atoms with E-state index in [9.17, 15) is 5.11 Å². The summed E-state index contributed by atoms with van der Waals surface area (Å²) in [6.07, 6.45) is 5.67. The zero-order valence-corrected chi connectivity index (χ0v) is 17.9. The third-order valence-corrected chi connectivity index (χ3v) is 6.23. The van der Waals surface area contributed by atoms with Crippen molar-refractivity contribution in [1.29, 1.82) is 0 Å². The van der Waals surface area contributed by atoms with Crippen LogP contribution in [0.15, 0.2) is 60.7 Å². The van der Waals surface area contributed by atoms with E-state index in [-0.39, 0.29) is 11.6 Å². The lowest BCUT2D eigenvalue weighted by molar-refractivity contribution is 0.00423. The number of ether oxygens (including phenoxy) is 1. The maximum atomic E-state index is 10.5. The van der Waals surface area contributed by atoms with Crippen molar-refractivity contribution in [2.75, 3.05) is 33.8 Å². The molecular formula is C25H36N2O2. The van der Waals surface area contributed by atoms with E-state index in [2.05, 4.69) is 48.6 Å². The topological polar surface area (TPSA) is 44.7 Å². The maximum absolute atomic E-state index is 10.5. The Kier molecular flexibility index (Phi) is 8.25. The lowest BCUT2D eigenvalue weighted by Crippen LogP contribution is -2.53. The van der Waals surface area contributed by atoms with E-state index < -0.39 is 6.10 Å². The van der Waals surface area contributed by atoms with Gasteiger partial charge in [-0.1, -0.05) is 79.9 Å². The van der Waals surface area contributed by atoms with Gasteiger partial charge in [-0.15, -0.1) is 0 Å². The highest BCUT2D eigenvalue weighted by Crippen LogP contribution is 2.31. The number of rotatable bonds is 10. The Bertz CT molecular complexity index is 660. The summed E-state index contributed by atoms with van der Waals surface area (Å²) in [5, 5.41) is 14.1. The summed E-state index contributed by atoms with van der Waals surface area (Å²) < 4.78 is 6.19. The third-order valence-electron chi connectivity index (χ3n) is 6.23. The summed E-state index contributed by atoms with van der Waals surface area (Å²) in [5.74, 6) is 0. The molecule has 158 valence electrons. The maximum Gasteiger partial charge on any atom is 0.108 e. The van der Waals surface area contributed by atoms with Gasteiger partial charge in [-0.2, -0.15) is 0 Å². The number of hydrogen-bond donors (Lipinski definition) is 2. The molecule has 1 fully saturated rings. The lowest BCUT2D eigenvalue weighted by Gasteiger charge is -2.43. The van der Waals surface area contributed by atoms with Crippen molar-refractivity contribution in [3.05, 3.63) is 71.8 Å². The highest BCUT2D eigenvalue weighted by Gasteiger charge is 2.33. The number of aliphatic hydroxyl groups is 1. The Morgan fingerprint density at radius 3 is 2.00 bits per heavy atom. The summed E-state index contributed by atoms with van der Waals surface area (Å²) in [6, 6.07) is 20.4. The molecule has 0 saturated heterocycles. The number of likely N-dealkylation sites (N-methyl/N-ethyl adjacent to an activating group) is 1. The molecule has 2 aromatic rings. The first-order valence-corrected chi connectivity index (χ1v) is 10.9. The molecule has 0 heterocycles. The minimum absolute atomic E-state index is 0.168. The van der Waals surface area contributed by atoms with Crippen molar-refractivity contribution in [2.45, 2.75) is 49.9 Å². The van der Waals surface area contributed by atoms with Crippen molar-refractivity contribution < 1.29 is 9.84 Å². The second-order valence-corrected chi connectivity index (χ2v) is 8.50. The quantitative estimate of drug-likeness (QED) is 0.637. The summed E-state index contributed by atoms with van der Waals surface area (Å²) in [7, 11) is 4.35. The Morgan fingerprint density at radius 2 is 1.48 bits per heavy atom. The molecule has 2 aromatic carbocycles. The average molecular weight is 397 g/mol. The Balaban J connectivity index is 1.53. The van der Waals surface area contributed by atoms with Gasteiger partial charge in [0.2, 0.25) is 0 Å². The summed E-state index contributed by atoms with van der Waals surface area (Å²) in [5.41, 5.74) is 2.43. The zero-order valence-electron chi connectivity index (χ0n) is 17.9. The second kappa shape index (κ2) is 10.9. The molecule has 4 nitrogen and oxygen atoms in total. The van der Waals surface area contributed by atoms with Crippen LogP contribution in [0.1, 0.15) is 49.3 Å². The van der Waals surface area contributed by atoms with Crippen LogP contribution in [0.4, 0.5) is 0 Å². The standard InChI is InChI=1S/C25H36N2O2/c1-27(2)25(16-10-5-11-17-25)20-26-18-23(28)19-29-24(21-12-6-3-7-13-21)22-14-8-4-9-15-22/h3-4,6-9,12-15,23-24,26,28H,5,10-11,16-20H2,1-2H3/t23-/m0/s1. The first-order chi connectivity index (χ1) is 14.1. The molecule has 2 N–H and O–H groups in total. The van der Waals surface area contributed by atoms with Crippen LogP contribution in [0.2, 0.25) is 0 Å². The minimum Gasteiger partial charge on any atom is -0.389 e. The second-order valence-electron chi connectivity index (χ2n) is 8.50. The molecule has 0 amide bonds. The van der Waals surface area contributed by atoms with Crippen LogP contribution in [0.25, 0.3) is 0 Å². The fourth-order valence-corrected chi connectivity index (χ4v) is 4.37. The molecule has 0 aliphatic heterocycles. The number of nitrogens with zero attached hydrogens (tertiary/aromatic N) is 1. The summed E-state index contributed by atoms with van der Waals surface area (Å²) >= 11 is 0. The molecule has 4 heteroatoms. The van der Waals surface area contributed by atoms with Crippen LogP contribution in [-0.2, 0) is 4.74 Å². The van der Waals surface area contributed by atoms with E-state index in [0.717, 1.165) is 17.7 Å². The molecule has 29 heavy (non-hydrogen) atoms. The van der Waals surface area contributed by atoms with Gasteiger partial charge in [-0.05, 0) is 38.1 Å². The monoisotopic (exact) mass is 396 g/mol. The molecule has 1 aliphatic carbocycles. The highest BCUT2D eigenvalue weighted by molar-refractivity contribution is 5.29. The average Bonchev–Trinajstić information content (AvgIpc) is 2.76. The molecule has 3 rings (SSSR count). The molecule has 0 radical (unpaired) electrons. The Hall–Kier alpha value is -1.72. The predicted octanol–water partition coefficient (Wildman–Crippen LogP) is 4.01. The van der Waals surface area contributed by atoms with Gasteiger partial charge >= 0.3 is 0 Å². The van der Waals surface area contributed by atoms with Gasteiger partial charge in [-0.3, -0.25) is 0 Å². The minimum atomic E-state index is -0.535. The Labute approximate surface area is 175 Å². The first kappa shape index (κ1) is 22.0. The van der Waals surface area contributed by atoms with Gasteiger partial charge in [0.15, 0.2) is 0 Å². The van der Waals surface area contributed by atoms with E-state index in [1.54, 1.807) is 0 Å². The van der Waals surface area contributed by atoms with Gasteiger partial charge in [0, 0.05) is 18.6 Å². The smallest absolute Gasteiger partial charge is 0.108 e. The highest BCUT2D eigenvalue weighted by atomic mass is 16.5. The van der Waals surface area contributed by atoms with Crippen LogP contribution in [-0.4, -0.2) is 55.4 Å². The molecule has 0 spiro atoms. The lowest BCUT2D eigenvalue weighted by atomic mass is 9.80. The number of aliphatic hydroxyl groups excluding tert-OH is 1. The van der Waals surface area contributed by atoms with E-state index in [1.807, 2.05) is 36.4 Å². The van der Waals surface area contributed by atoms with Crippen molar-refractivity contribution in [3.63, 3.8) is 0 Å². The van der Waals surface area contributed by atoms with E-state index >= 15 is 0 Å². The number of benzene rings is 2. The predicted molar refractivity (Wildman–Crippen MR) is 119 cm³/mol. The molecular weight excluding hydrogens is 360 g/mol. The van der Waals surface area contributed by atoms with Crippen LogP contribution >= 0.6 is 0 Å². The van der Waals surface area contributed by atoms with Gasteiger partial charge < -0.3 is 20.1 Å². The van der Waals surface area contributed by atoms with Crippen LogP contribution < -0.4 is 5.32 Å². The summed E-state index contributed by atoms with van der Waals surface area (Å²) in [6.45, 7) is 1.76. The molecule has 0 aromatic heterocycles. The van der Waals surface area contributed by atoms with Gasteiger partial charge in [0.1, 0.15) is 6.10 Å². The molecule has 1 atom stereocenters. The largest absolute Gasteiger partial charge is 0.389 e. The van der Waals surface area contributed by atoms with E-state index in [1.165, 1.54) is 32.1 Å². The fourth-order valence-electron chi connectivity index (χ4n) is 4.37. The Morgan fingerprint density at radius 1 is 0.931 bits per heavy atom. The van der Waals surface area contributed by atoms with Gasteiger partial charge in [0.25, 0.3) is 0 Å². The number of nitrogens with one attached hydrogen (secondary N) is 1. The normalized spacial score (nSPS) is 17.6. The molecule has 1 saturated carbocycles. The van der Waals surface area contributed by atoms with Crippen molar-refractivity contribution in [3.8, 4) is 0 Å². The van der Waals surface area contributed by atoms with Crippen molar-refractivity contribution in [1.82, 2.24) is 10.2 Å². The molecule has 1 aliphatic rings. The molecule has 0 bridgehead atoms. The van der Waals surface area contributed by atoms with Crippen molar-refractivity contribution >= 4 is 0 Å². The van der Waals surface area contributed by atoms with Gasteiger partial charge in [0.05, 0.1) is 12.7 Å². The zero-order chi connectivity index (χ0) is 20.5. The van der Waals surface area contributed by atoms with Crippen LogP contribution in [0, 0.1) is 0 Å². The van der Waals surface area contributed by atoms with E-state index in [4.69, 9.17) is 4.74 Å². The van der Waals surface area contributed by atoms with E-state index in [0.29, 0.717) is 13.2 Å². The van der Waals surface area contributed by atoms with Gasteiger partial charge in [-0.25, -0.2) is 0 Å². The SMILES string of the molecule is CN(C)C1(CNC[C@H](O)COC(c2ccccc2)c2ccccc2)CCCCC1. The van der Waals surface area contributed by atoms with Crippen LogP contribution in [0.5, 0.6) is 0 Å².